The number of hydrogen-bond donors (Lipinski definition) is 1. The SMILES string of the molecule is CC(=O)NC[C@H]1CN(c2ccc(-c3ccc(COCc4ccccn4)cn3)c(F)c2)C(=O)O1. The molecule has 0 unspecified atom stereocenters. The van der Waals surface area contributed by atoms with Crippen molar-refractivity contribution in [2.45, 2.75) is 26.2 Å². The molecule has 1 aliphatic rings. The number of hydrogen-bond acceptors (Lipinski definition) is 6. The van der Waals surface area contributed by atoms with Gasteiger partial charge >= 0.3 is 6.09 Å². The first-order chi connectivity index (χ1) is 16.0. The lowest BCUT2D eigenvalue weighted by Crippen LogP contribution is -2.33. The van der Waals surface area contributed by atoms with Crippen molar-refractivity contribution in [3.63, 3.8) is 0 Å². The van der Waals surface area contributed by atoms with Crippen LogP contribution in [0.3, 0.4) is 0 Å². The maximum Gasteiger partial charge on any atom is 0.414 e. The first kappa shape index (κ1) is 22.3. The number of halogens is 1. The number of carbonyl (C=O) groups is 2. The van der Waals surface area contributed by atoms with E-state index in [2.05, 4.69) is 15.3 Å². The van der Waals surface area contributed by atoms with Gasteiger partial charge in [-0.25, -0.2) is 9.18 Å². The third kappa shape index (κ3) is 5.69. The van der Waals surface area contributed by atoms with Crippen LogP contribution >= 0.6 is 0 Å². The molecular weight excluding hydrogens is 427 g/mol. The van der Waals surface area contributed by atoms with Crippen molar-refractivity contribution in [1.29, 1.82) is 0 Å². The molecule has 0 spiro atoms. The van der Waals surface area contributed by atoms with E-state index in [1.807, 2.05) is 24.3 Å². The van der Waals surface area contributed by atoms with Crippen LogP contribution in [0.5, 0.6) is 0 Å². The summed E-state index contributed by atoms with van der Waals surface area (Å²) in [6, 6.07) is 13.7. The van der Waals surface area contributed by atoms with Crippen LogP contribution in [0.1, 0.15) is 18.2 Å². The largest absolute Gasteiger partial charge is 0.442 e. The molecule has 1 N–H and O–H groups in total. The minimum Gasteiger partial charge on any atom is -0.442 e. The summed E-state index contributed by atoms with van der Waals surface area (Å²) in [6.07, 6.45) is 2.29. The number of nitrogens with one attached hydrogen (secondary N) is 1. The lowest BCUT2D eigenvalue weighted by atomic mass is 10.1. The molecule has 0 radical (unpaired) electrons. The van der Waals surface area contributed by atoms with E-state index >= 15 is 0 Å². The molecule has 0 saturated carbocycles. The van der Waals surface area contributed by atoms with Gasteiger partial charge in [-0.3, -0.25) is 19.7 Å². The molecule has 8 nitrogen and oxygen atoms in total. The average Bonchev–Trinajstić information content (AvgIpc) is 3.19. The Morgan fingerprint density at radius 1 is 1.21 bits per heavy atom. The third-order valence-electron chi connectivity index (χ3n) is 5.06. The number of carbonyl (C=O) groups excluding carboxylic acids is 2. The van der Waals surface area contributed by atoms with Gasteiger partial charge in [-0.1, -0.05) is 12.1 Å². The number of nitrogens with zero attached hydrogens (tertiary/aromatic N) is 3. The molecule has 1 saturated heterocycles. The van der Waals surface area contributed by atoms with Crippen LogP contribution in [0.15, 0.2) is 60.9 Å². The number of pyridine rings is 2. The van der Waals surface area contributed by atoms with Crippen LogP contribution in [0.25, 0.3) is 11.3 Å². The normalized spacial score (nSPS) is 15.4. The Morgan fingerprint density at radius 2 is 2.09 bits per heavy atom. The number of anilines is 1. The minimum atomic E-state index is -0.578. The van der Waals surface area contributed by atoms with Gasteiger partial charge < -0.3 is 14.8 Å². The Morgan fingerprint density at radius 3 is 2.79 bits per heavy atom. The third-order valence-corrected chi connectivity index (χ3v) is 5.06. The van der Waals surface area contributed by atoms with E-state index in [0.29, 0.717) is 30.2 Å². The Bertz CT molecular complexity index is 1130. The van der Waals surface area contributed by atoms with Crippen LogP contribution < -0.4 is 10.2 Å². The van der Waals surface area contributed by atoms with Crippen LogP contribution in [0, 0.1) is 5.82 Å². The zero-order valence-corrected chi connectivity index (χ0v) is 18.0. The quantitative estimate of drug-likeness (QED) is 0.565. The van der Waals surface area contributed by atoms with Gasteiger partial charge in [0.25, 0.3) is 0 Å². The van der Waals surface area contributed by atoms with Gasteiger partial charge in [0, 0.05) is 24.9 Å². The highest BCUT2D eigenvalue weighted by Crippen LogP contribution is 2.28. The van der Waals surface area contributed by atoms with E-state index in [-0.39, 0.29) is 19.0 Å². The molecule has 1 fully saturated rings. The predicted molar refractivity (Wildman–Crippen MR) is 119 cm³/mol. The molecule has 1 atom stereocenters. The molecule has 2 amide bonds. The van der Waals surface area contributed by atoms with Crippen molar-refractivity contribution in [2.24, 2.45) is 0 Å². The molecule has 0 bridgehead atoms. The van der Waals surface area contributed by atoms with Crippen molar-refractivity contribution < 1.29 is 23.5 Å². The van der Waals surface area contributed by atoms with Gasteiger partial charge in [0.2, 0.25) is 5.91 Å². The van der Waals surface area contributed by atoms with Crippen LogP contribution in [-0.4, -0.2) is 41.2 Å². The molecule has 1 aromatic carbocycles. The van der Waals surface area contributed by atoms with Gasteiger partial charge in [-0.05, 0) is 42.0 Å². The number of benzene rings is 1. The number of aromatic nitrogens is 2. The molecule has 2 aromatic heterocycles. The smallest absolute Gasteiger partial charge is 0.414 e. The summed E-state index contributed by atoms with van der Waals surface area (Å²) in [7, 11) is 0. The molecule has 1 aliphatic heterocycles. The number of amides is 2. The lowest BCUT2D eigenvalue weighted by Gasteiger charge is -2.14. The second-order valence-electron chi connectivity index (χ2n) is 7.58. The first-order valence-electron chi connectivity index (χ1n) is 10.4. The highest BCUT2D eigenvalue weighted by molar-refractivity contribution is 5.90. The second-order valence-corrected chi connectivity index (χ2v) is 7.58. The maximum absolute atomic E-state index is 14.9. The minimum absolute atomic E-state index is 0.208. The van der Waals surface area contributed by atoms with E-state index in [0.717, 1.165) is 11.3 Å². The highest BCUT2D eigenvalue weighted by Gasteiger charge is 2.32. The summed E-state index contributed by atoms with van der Waals surface area (Å²) < 4.78 is 25.7. The van der Waals surface area contributed by atoms with Crippen LogP contribution in [-0.2, 0) is 27.5 Å². The second kappa shape index (κ2) is 10.2. The zero-order chi connectivity index (χ0) is 23.2. The Hall–Kier alpha value is -3.85. The summed E-state index contributed by atoms with van der Waals surface area (Å²) in [5.41, 5.74) is 2.87. The topological polar surface area (TPSA) is 93.7 Å². The van der Waals surface area contributed by atoms with Gasteiger partial charge in [-0.2, -0.15) is 0 Å². The lowest BCUT2D eigenvalue weighted by molar-refractivity contribution is -0.119. The Kier molecular flexibility index (Phi) is 6.89. The van der Waals surface area contributed by atoms with E-state index in [1.54, 1.807) is 30.6 Å². The molecule has 3 aromatic rings. The highest BCUT2D eigenvalue weighted by atomic mass is 19.1. The number of cyclic esters (lactones) is 1. The van der Waals surface area contributed by atoms with E-state index in [4.69, 9.17) is 9.47 Å². The average molecular weight is 450 g/mol. The van der Waals surface area contributed by atoms with Gasteiger partial charge in [0.05, 0.1) is 43.4 Å². The van der Waals surface area contributed by atoms with Gasteiger partial charge in [0.1, 0.15) is 11.9 Å². The summed E-state index contributed by atoms with van der Waals surface area (Å²) in [5.74, 6) is -0.713. The van der Waals surface area contributed by atoms with Crippen molar-refractivity contribution in [3.05, 3.63) is 78.0 Å². The van der Waals surface area contributed by atoms with Gasteiger partial charge in [-0.15, -0.1) is 0 Å². The summed E-state index contributed by atoms with van der Waals surface area (Å²) in [6.45, 7) is 2.58. The monoisotopic (exact) mass is 450 g/mol. The molecular formula is C24H23FN4O4. The molecule has 3 heterocycles. The maximum atomic E-state index is 14.9. The molecule has 0 aliphatic carbocycles. The predicted octanol–water partition coefficient (Wildman–Crippen LogP) is 3.46. The van der Waals surface area contributed by atoms with Crippen LogP contribution in [0.2, 0.25) is 0 Å². The molecule has 170 valence electrons. The van der Waals surface area contributed by atoms with Gasteiger partial charge in [0.15, 0.2) is 0 Å². The fourth-order valence-electron chi connectivity index (χ4n) is 3.40. The van der Waals surface area contributed by atoms with Crippen molar-refractivity contribution in [1.82, 2.24) is 15.3 Å². The standard InChI is InChI=1S/C24H23FN4O4/c1-16(30)27-12-20-13-29(24(31)33-20)19-6-7-21(22(25)10-19)23-8-5-17(11-28-23)14-32-15-18-4-2-3-9-26-18/h2-11,20H,12-15H2,1H3,(H,27,30)/t20-/m0/s1. The molecule has 33 heavy (non-hydrogen) atoms. The van der Waals surface area contributed by atoms with Crippen molar-refractivity contribution >= 4 is 17.7 Å². The molecule has 4 rings (SSSR count). The van der Waals surface area contributed by atoms with Crippen molar-refractivity contribution in [2.75, 3.05) is 18.0 Å². The van der Waals surface area contributed by atoms with E-state index in [1.165, 1.54) is 17.9 Å². The fraction of sp³-hybridized carbons (Fsp3) is 0.250. The molecule has 9 heteroatoms. The van der Waals surface area contributed by atoms with E-state index in [9.17, 15) is 14.0 Å². The summed E-state index contributed by atoms with van der Waals surface area (Å²) in [4.78, 5) is 33.1. The van der Waals surface area contributed by atoms with Crippen LogP contribution in [0.4, 0.5) is 14.9 Å². The summed E-state index contributed by atoms with van der Waals surface area (Å²) in [5, 5.41) is 2.61. The number of ether oxygens (including phenoxy) is 2. The Labute approximate surface area is 190 Å². The summed E-state index contributed by atoms with van der Waals surface area (Å²) >= 11 is 0. The number of rotatable bonds is 8. The van der Waals surface area contributed by atoms with E-state index < -0.39 is 18.0 Å². The first-order valence-corrected chi connectivity index (χ1v) is 10.4. The fourth-order valence-corrected chi connectivity index (χ4v) is 3.40. The zero-order valence-electron chi connectivity index (χ0n) is 18.0. The Balaban J connectivity index is 1.37. The van der Waals surface area contributed by atoms with Crippen molar-refractivity contribution in [3.8, 4) is 11.3 Å².